The molecule has 382 valence electrons. The molecule has 0 spiro atoms. The first-order chi connectivity index (χ1) is 32.0. The molecule has 66 heavy (non-hydrogen) atoms. The predicted molar refractivity (Wildman–Crippen MR) is 252 cm³/mol. The minimum absolute atomic E-state index is 0.151. The van der Waals surface area contributed by atoms with Gasteiger partial charge in [0, 0.05) is 12.8 Å². The van der Waals surface area contributed by atoms with Crippen LogP contribution in [0.2, 0.25) is 0 Å². The van der Waals surface area contributed by atoms with E-state index in [0.717, 1.165) is 64.2 Å². The first-order valence-electron chi connectivity index (χ1n) is 25.2. The smallest absolute Gasteiger partial charge is 0.306 e. The Labute approximate surface area is 395 Å². The van der Waals surface area contributed by atoms with E-state index < -0.39 is 99.3 Å². The number of carbonyl (C=O) groups is 2. The lowest BCUT2D eigenvalue weighted by Gasteiger charge is -2.42. The number of aliphatic hydroxyl groups excluding tert-OH is 7. The summed E-state index contributed by atoms with van der Waals surface area (Å²) in [5, 5.41) is 72.0. The van der Waals surface area contributed by atoms with Crippen molar-refractivity contribution in [2.24, 2.45) is 0 Å². The van der Waals surface area contributed by atoms with Crippen molar-refractivity contribution in [3.05, 3.63) is 48.6 Å². The monoisotopic (exact) mass is 941 g/mol. The fourth-order valence-corrected chi connectivity index (χ4v) is 7.57. The maximum absolute atomic E-state index is 13.0. The molecule has 2 saturated heterocycles. The van der Waals surface area contributed by atoms with Crippen LogP contribution >= 0.6 is 0 Å². The van der Waals surface area contributed by atoms with Crippen molar-refractivity contribution in [3.63, 3.8) is 0 Å². The zero-order valence-electron chi connectivity index (χ0n) is 40.2. The second-order valence-electron chi connectivity index (χ2n) is 17.6. The predicted octanol–water partition coefficient (Wildman–Crippen LogP) is 6.71. The lowest BCUT2D eigenvalue weighted by molar-refractivity contribution is -0.332. The number of aliphatic hydroxyl groups is 7. The Morgan fingerprint density at radius 3 is 1.50 bits per heavy atom. The molecule has 7 N–H and O–H groups in total. The van der Waals surface area contributed by atoms with Crippen LogP contribution in [-0.2, 0) is 38.0 Å². The summed E-state index contributed by atoms with van der Waals surface area (Å²) in [5.41, 5.74) is 0. The number of esters is 2. The molecule has 2 aliphatic heterocycles. The molecular formula is C51H88O15. The molecule has 2 fully saturated rings. The van der Waals surface area contributed by atoms with Crippen molar-refractivity contribution >= 4 is 11.9 Å². The Bertz CT molecular complexity index is 1340. The van der Waals surface area contributed by atoms with E-state index in [0.29, 0.717) is 12.8 Å². The van der Waals surface area contributed by atoms with Crippen LogP contribution in [0.25, 0.3) is 0 Å². The van der Waals surface area contributed by atoms with Crippen LogP contribution in [-0.4, -0.2) is 142 Å². The quantitative estimate of drug-likeness (QED) is 0.0194. The molecule has 2 aliphatic rings. The zero-order chi connectivity index (χ0) is 48.2. The Morgan fingerprint density at radius 1 is 0.485 bits per heavy atom. The average Bonchev–Trinajstić information content (AvgIpc) is 3.31. The molecule has 15 nitrogen and oxygen atoms in total. The molecule has 2 rings (SSSR count). The number of unbranched alkanes of at least 4 members (excludes halogenated alkanes) is 16. The molecule has 0 aromatic rings. The first kappa shape index (κ1) is 59.6. The van der Waals surface area contributed by atoms with Crippen molar-refractivity contribution in [1.29, 1.82) is 0 Å². The summed E-state index contributed by atoms with van der Waals surface area (Å²) in [6.07, 6.45) is 24.3. The van der Waals surface area contributed by atoms with E-state index in [1.807, 2.05) is 0 Å². The summed E-state index contributed by atoms with van der Waals surface area (Å²) >= 11 is 0. The summed E-state index contributed by atoms with van der Waals surface area (Å²) in [5.74, 6) is -0.977. The zero-order valence-corrected chi connectivity index (χ0v) is 40.2. The topological polar surface area (TPSA) is 231 Å². The molecule has 0 aliphatic carbocycles. The second-order valence-corrected chi connectivity index (χ2v) is 17.6. The van der Waals surface area contributed by atoms with Gasteiger partial charge in [0.25, 0.3) is 0 Å². The Kier molecular flexibility index (Phi) is 34.6. The maximum Gasteiger partial charge on any atom is 0.306 e. The summed E-state index contributed by atoms with van der Waals surface area (Å²) in [4.78, 5) is 25.7. The van der Waals surface area contributed by atoms with Gasteiger partial charge in [0.2, 0.25) is 0 Å². The van der Waals surface area contributed by atoms with Crippen molar-refractivity contribution in [2.45, 2.75) is 235 Å². The van der Waals surface area contributed by atoms with Crippen molar-refractivity contribution < 1.29 is 73.8 Å². The molecule has 2 heterocycles. The summed E-state index contributed by atoms with van der Waals surface area (Å²) in [6.45, 7) is 2.49. The molecular weight excluding hydrogens is 853 g/mol. The van der Waals surface area contributed by atoms with Gasteiger partial charge in [0.15, 0.2) is 18.7 Å². The molecule has 4 unspecified atom stereocenters. The van der Waals surface area contributed by atoms with Gasteiger partial charge in [-0.15, -0.1) is 0 Å². The van der Waals surface area contributed by atoms with Crippen LogP contribution in [0.3, 0.4) is 0 Å². The van der Waals surface area contributed by atoms with Crippen LogP contribution in [0, 0.1) is 0 Å². The fourth-order valence-electron chi connectivity index (χ4n) is 7.57. The van der Waals surface area contributed by atoms with Crippen LogP contribution in [0.4, 0.5) is 0 Å². The van der Waals surface area contributed by atoms with Crippen molar-refractivity contribution in [3.8, 4) is 0 Å². The Hall–Kier alpha value is -2.54. The van der Waals surface area contributed by atoms with E-state index in [-0.39, 0.29) is 19.4 Å². The van der Waals surface area contributed by atoms with Gasteiger partial charge in [-0.05, 0) is 77.0 Å². The number of hydrogen-bond acceptors (Lipinski definition) is 15. The number of rotatable bonds is 38. The van der Waals surface area contributed by atoms with Gasteiger partial charge in [-0.25, -0.2) is 0 Å². The van der Waals surface area contributed by atoms with E-state index in [1.54, 1.807) is 0 Å². The number of ether oxygens (including phenoxy) is 6. The lowest BCUT2D eigenvalue weighted by atomic mass is 9.98. The molecule has 0 saturated carbocycles. The number of hydrogen-bond donors (Lipinski definition) is 7. The van der Waals surface area contributed by atoms with E-state index in [1.165, 1.54) is 64.2 Å². The van der Waals surface area contributed by atoms with Gasteiger partial charge in [0.1, 0.15) is 55.4 Å². The Balaban J connectivity index is 1.84. The Morgan fingerprint density at radius 2 is 0.909 bits per heavy atom. The number of carbonyl (C=O) groups excluding carboxylic acids is 2. The van der Waals surface area contributed by atoms with Crippen LogP contribution in [0.1, 0.15) is 168 Å². The number of allylic oxidation sites excluding steroid dienone is 8. The van der Waals surface area contributed by atoms with Crippen molar-refractivity contribution in [2.75, 3.05) is 26.4 Å². The first-order valence-corrected chi connectivity index (χ1v) is 25.2. The molecule has 11 atom stereocenters. The SMILES string of the molecule is CCCCC/C=C/C/C=C/C/C=C/CCCCC(=O)OC[C@H](CO[C@@H]1O[C@H](CO[C@@H]2O[C@H](CO)[C@H](O)C(O)C2O)[C@H](O)C(O)C1O)OC(=O)CCCCCCCCC/C=C/CCCCCC. The minimum atomic E-state index is -1.77. The molecule has 0 aromatic carbocycles. The van der Waals surface area contributed by atoms with Crippen molar-refractivity contribution in [1.82, 2.24) is 0 Å². The van der Waals surface area contributed by atoms with Gasteiger partial charge in [-0.1, -0.05) is 127 Å². The normalized spacial score (nSPS) is 26.6. The second kappa shape index (κ2) is 38.3. The third-order valence-electron chi connectivity index (χ3n) is 11.8. The van der Waals surface area contributed by atoms with E-state index in [4.69, 9.17) is 28.4 Å². The molecule has 0 amide bonds. The highest BCUT2D eigenvalue weighted by molar-refractivity contribution is 5.70. The highest BCUT2D eigenvalue weighted by Crippen LogP contribution is 2.26. The highest BCUT2D eigenvalue weighted by atomic mass is 16.7. The van der Waals surface area contributed by atoms with Gasteiger partial charge in [0.05, 0.1) is 19.8 Å². The fraction of sp³-hybridized carbons (Fsp3) is 0.804. The van der Waals surface area contributed by atoms with Gasteiger partial charge in [-0.3, -0.25) is 9.59 Å². The molecule has 0 aromatic heterocycles. The van der Waals surface area contributed by atoms with Gasteiger partial charge < -0.3 is 64.2 Å². The largest absolute Gasteiger partial charge is 0.462 e. The molecule has 0 radical (unpaired) electrons. The van der Waals surface area contributed by atoms with Gasteiger partial charge in [-0.2, -0.15) is 0 Å². The maximum atomic E-state index is 13.0. The van der Waals surface area contributed by atoms with E-state index in [9.17, 15) is 45.3 Å². The van der Waals surface area contributed by atoms with Crippen LogP contribution < -0.4 is 0 Å². The molecule has 15 heteroatoms. The summed E-state index contributed by atoms with van der Waals surface area (Å²) in [6, 6.07) is 0. The molecule has 0 bridgehead atoms. The van der Waals surface area contributed by atoms with Crippen LogP contribution in [0.5, 0.6) is 0 Å². The van der Waals surface area contributed by atoms with Gasteiger partial charge >= 0.3 is 11.9 Å². The minimum Gasteiger partial charge on any atom is -0.462 e. The third-order valence-corrected chi connectivity index (χ3v) is 11.8. The van der Waals surface area contributed by atoms with Crippen LogP contribution in [0.15, 0.2) is 48.6 Å². The summed E-state index contributed by atoms with van der Waals surface area (Å²) in [7, 11) is 0. The standard InChI is InChI=1S/C51H88O15/c1-3-5-7-9-11-13-15-17-19-21-23-25-27-29-31-33-42(53)61-36-39(64-43(54)34-32-30-28-26-24-22-20-18-16-14-12-10-8-6-4-2)37-62-50-49(60)47(58)45(56)41(66-50)38-63-51-48(59)46(57)44(55)40(35-52)65-51/h11,13-14,16-17,19,23,25,39-41,44-52,55-60H,3-10,12,15,18,20-22,24,26-38H2,1-2H3/b13-11+,16-14+,19-17+,25-23+/t39-,40-,41-,44+,45+,46?,47?,48?,49?,50-,51-/m1/s1. The third kappa shape index (κ3) is 26.3. The van der Waals surface area contributed by atoms with E-state index >= 15 is 0 Å². The lowest BCUT2D eigenvalue weighted by Crippen LogP contribution is -2.61. The highest BCUT2D eigenvalue weighted by Gasteiger charge is 2.47. The van der Waals surface area contributed by atoms with E-state index in [2.05, 4.69) is 62.5 Å². The average molecular weight is 941 g/mol. The summed E-state index contributed by atoms with van der Waals surface area (Å²) < 4.78 is 33.5.